The van der Waals surface area contributed by atoms with Crippen molar-refractivity contribution in [3.8, 4) is 10.6 Å². The summed E-state index contributed by atoms with van der Waals surface area (Å²) in [6, 6.07) is 7.54. The molecule has 0 radical (unpaired) electrons. The SMILES string of the molecule is Cc1nc(C(C)O)sc1-c1csc(Nc2ccc(CNc3ccc(Cl)cn3)cn2)n1. The lowest BCUT2D eigenvalue weighted by atomic mass is 10.3. The van der Waals surface area contributed by atoms with Crippen LogP contribution >= 0.6 is 34.3 Å². The van der Waals surface area contributed by atoms with Crippen LogP contribution in [0.2, 0.25) is 5.02 Å². The number of aliphatic hydroxyl groups excluding tert-OH is 1. The molecule has 0 saturated heterocycles. The van der Waals surface area contributed by atoms with Crippen LogP contribution in [0.3, 0.4) is 0 Å². The minimum atomic E-state index is -0.577. The maximum absolute atomic E-state index is 9.74. The molecule has 30 heavy (non-hydrogen) atoms. The molecular weight excluding hydrogens is 440 g/mol. The predicted molar refractivity (Wildman–Crippen MR) is 123 cm³/mol. The van der Waals surface area contributed by atoms with E-state index in [4.69, 9.17) is 11.6 Å². The highest BCUT2D eigenvalue weighted by atomic mass is 35.5. The Morgan fingerprint density at radius 3 is 2.57 bits per heavy atom. The summed E-state index contributed by atoms with van der Waals surface area (Å²) in [5.41, 5.74) is 2.75. The lowest BCUT2D eigenvalue weighted by Crippen LogP contribution is -2.02. The molecular formula is C20H19ClN6OS2. The van der Waals surface area contributed by atoms with Gasteiger partial charge in [0, 0.05) is 24.3 Å². The van der Waals surface area contributed by atoms with E-state index >= 15 is 0 Å². The van der Waals surface area contributed by atoms with Crippen LogP contribution in [0, 0.1) is 6.92 Å². The minimum absolute atomic E-state index is 0.577. The Balaban J connectivity index is 1.38. The van der Waals surface area contributed by atoms with Gasteiger partial charge in [0.25, 0.3) is 0 Å². The van der Waals surface area contributed by atoms with Gasteiger partial charge in [-0.3, -0.25) is 0 Å². The van der Waals surface area contributed by atoms with Crippen molar-refractivity contribution in [1.29, 1.82) is 0 Å². The number of hydrogen-bond donors (Lipinski definition) is 3. The zero-order valence-electron chi connectivity index (χ0n) is 16.3. The number of aliphatic hydroxyl groups is 1. The first-order valence-electron chi connectivity index (χ1n) is 9.16. The summed E-state index contributed by atoms with van der Waals surface area (Å²) < 4.78 is 0. The molecule has 0 bridgehead atoms. The average Bonchev–Trinajstić information content (AvgIpc) is 3.35. The number of hydrogen-bond acceptors (Lipinski definition) is 9. The number of thiazole rings is 2. The van der Waals surface area contributed by atoms with Gasteiger partial charge in [0.2, 0.25) is 0 Å². The molecule has 1 unspecified atom stereocenters. The molecule has 3 N–H and O–H groups in total. The van der Waals surface area contributed by atoms with E-state index in [1.54, 1.807) is 19.2 Å². The minimum Gasteiger partial charge on any atom is -0.386 e. The number of aryl methyl sites for hydroxylation is 1. The highest BCUT2D eigenvalue weighted by molar-refractivity contribution is 7.17. The molecule has 4 rings (SSSR count). The molecule has 154 valence electrons. The number of rotatable bonds is 7. The Hall–Kier alpha value is -2.59. The van der Waals surface area contributed by atoms with Crippen molar-refractivity contribution in [2.24, 2.45) is 0 Å². The van der Waals surface area contributed by atoms with Gasteiger partial charge in [-0.05, 0) is 37.6 Å². The maximum Gasteiger partial charge on any atom is 0.188 e. The molecule has 0 aromatic carbocycles. The average molecular weight is 459 g/mol. The fourth-order valence-electron chi connectivity index (χ4n) is 2.65. The summed E-state index contributed by atoms with van der Waals surface area (Å²) in [6.45, 7) is 4.25. The van der Waals surface area contributed by atoms with Crippen molar-refractivity contribution in [3.63, 3.8) is 0 Å². The molecule has 0 spiro atoms. The number of nitrogens with zero attached hydrogens (tertiary/aromatic N) is 4. The summed E-state index contributed by atoms with van der Waals surface area (Å²) in [4.78, 5) is 18.7. The summed E-state index contributed by atoms with van der Waals surface area (Å²) in [5, 5.41) is 20.2. The predicted octanol–water partition coefficient (Wildman–Crippen LogP) is 5.43. The van der Waals surface area contributed by atoms with Crippen LogP contribution in [-0.4, -0.2) is 25.0 Å². The van der Waals surface area contributed by atoms with Gasteiger partial charge >= 0.3 is 0 Å². The van der Waals surface area contributed by atoms with Gasteiger partial charge in [-0.2, -0.15) is 0 Å². The molecule has 0 fully saturated rings. The van der Waals surface area contributed by atoms with Crippen LogP contribution in [0.1, 0.15) is 29.3 Å². The fraction of sp³-hybridized carbons (Fsp3) is 0.200. The van der Waals surface area contributed by atoms with Gasteiger partial charge in [-0.1, -0.05) is 17.7 Å². The van der Waals surface area contributed by atoms with Crippen LogP contribution in [0.4, 0.5) is 16.8 Å². The van der Waals surface area contributed by atoms with Gasteiger partial charge in [0.15, 0.2) is 5.13 Å². The van der Waals surface area contributed by atoms with E-state index < -0.39 is 6.10 Å². The molecule has 0 aliphatic heterocycles. The van der Waals surface area contributed by atoms with Gasteiger partial charge in [-0.15, -0.1) is 22.7 Å². The van der Waals surface area contributed by atoms with Crippen molar-refractivity contribution in [3.05, 3.63) is 63.3 Å². The normalized spacial score (nSPS) is 12.0. The second-order valence-electron chi connectivity index (χ2n) is 6.57. The lowest BCUT2D eigenvalue weighted by Gasteiger charge is -2.06. The van der Waals surface area contributed by atoms with Crippen LogP contribution in [0.25, 0.3) is 10.6 Å². The first-order chi connectivity index (χ1) is 14.5. The molecule has 0 aliphatic carbocycles. The molecule has 10 heteroatoms. The highest BCUT2D eigenvalue weighted by Gasteiger charge is 2.15. The van der Waals surface area contributed by atoms with E-state index in [-0.39, 0.29) is 0 Å². The first kappa shape index (κ1) is 20.7. The monoisotopic (exact) mass is 458 g/mol. The first-order valence-corrected chi connectivity index (χ1v) is 11.2. The number of anilines is 3. The molecule has 0 saturated carbocycles. The Morgan fingerprint density at radius 2 is 1.90 bits per heavy atom. The summed E-state index contributed by atoms with van der Waals surface area (Å²) >= 11 is 8.81. The van der Waals surface area contributed by atoms with E-state index in [1.807, 2.05) is 36.7 Å². The molecule has 4 aromatic rings. The van der Waals surface area contributed by atoms with Gasteiger partial charge in [-0.25, -0.2) is 19.9 Å². The van der Waals surface area contributed by atoms with E-state index in [0.717, 1.165) is 38.6 Å². The van der Waals surface area contributed by atoms with E-state index in [1.165, 1.54) is 22.7 Å². The molecule has 0 amide bonds. The third-order valence-corrected chi connectivity index (χ3v) is 6.50. The second-order valence-corrected chi connectivity index (χ2v) is 8.90. The fourth-order valence-corrected chi connectivity index (χ4v) is 4.51. The van der Waals surface area contributed by atoms with E-state index in [2.05, 4.69) is 30.6 Å². The molecule has 4 aromatic heterocycles. The Morgan fingerprint density at radius 1 is 1.10 bits per heavy atom. The van der Waals surface area contributed by atoms with Crippen LogP contribution in [0.5, 0.6) is 0 Å². The highest BCUT2D eigenvalue weighted by Crippen LogP contribution is 2.34. The second kappa shape index (κ2) is 9.05. The van der Waals surface area contributed by atoms with Crippen molar-refractivity contribution < 1.29 is 5.11 Å². The summed E-state index contributed by atoms with van der Waals surface area (Å²) in [6.07, 6.45) is 2.84. The van der Waals surface area contributed by atoms with Crippen LogP contribution < -0.4 is 10.6 Å². The Bertz CT molecular complexity index is 1130. The third-order valence-electron chi connectivity index (χ3n) is 4.17. The molecule has 1 atom stereocenters. The number of pyridine rings is 2. The zero-order chi connectivity index (χ0) is 21.1. The van der Waals surface area contributed by atoms with Crippen molar-refractivity contribution in [2.45, 2.75) is 26.5 Å². The summed E-state index contributed by atoms with van der Waals surface area (Å²) in [7, 11) is 0. The molecule has 7 nitrogen and oxygen atoms in total. The van der Waals surface area contributed by atoms with E-state index in [9.17, 15) is 5.11 Å². The van der Waals surface area contributed by atoms with Gasteiger partial charge in [0.05, 0.1) is 21.3 Å². The largest absolute Gasteiger partial charge is 0.386 e. The lowest BCUT2D eigenvalue weighted by molar-refractivity contribution is 0.198. The number of halogens is 1. The van der Waals surface area contributed by atoms with E-state index in [0.29, 0.717) is 16.6 Å². The smallest absolute Gasteiger partial charge is 0.188 e. The van der Waals surface area contributed by atoms with Gasteiger partial charge in [0.1, 0.15) is 22.7 Å². The van der Waals surface area contributed by atoms with Crippen molar-refractivity contribution in [1.82, 2.24) is 19.9 Å². The topological polar surface area (TPSA) is 95.9 Å². The summed E-state index contributed by atoms with van der Waals surface area (Å²) in [5.74, 6) is 1.48. The van der Waals surface area contributed by atoms with Crippen molar-refractivity contribution >= 4 is 51.0 Å². The molecule has 0 aliphatic rings. The Kier molecular flexibility index (Phi) is 6.24. The third kappa shape index (κ3) is 4.93. The van der Waals surface area contributed by atoms with Gasteiger partial charge < -0.3 is 15.7 Å². The zero-order valence-corrected chi connectivity index (χ0v) is 18.6. The number of nitrogens with one attached hydrogen (secondary N) is 2. The maximum atomic E-state index is 9.74. The quantitative estimate of drug-likeness (QED) is 0.340. The number of aromatic nitrogens is 4. The Labute approximate surface area is 186 Å². The standard InChI is InChI=1S/C20H19ClN6OS2/c1-11-18(30-19(25-11)12(2)28)15-10-29-20(26-15)27-17-5-3-13(8-23-17)7-22-16-6-4-14(21)9-24-16/h3-6,8-10,12,28H,7H2,1-2H3,(H,22,24)(H,23,26,27). The molecule has 4 heterocycles. The van der Waals surface area contributed by atoms with Crippen LogP contribution in [0.15, 0.2) is 42.0 Å². The van der Waals surface area contributed by atoms with Crippen molar-refractivity contribution in [2.75, 3.05) is 10.6 Å². The van der Waals surface area contributed by atoms with Crippen LogP contribution in [-0.2, 0) is 6.54 Å².